The summed E-state index contributed by atoms with van der Waals surface area (Å²) in [5.41, 5.74) is 3.07. The Balaban J connectivity index is 2.01. The second kappa shape index (κ2) is 6.07. The molecule has 0 unspecified atom stereocenters. The van der Waals surface area contributed by atoms with Crippen molar-refractivity contribution >= 4 is 22.8 Å². The standard InChI is InChI=1S/C15H15N3OS/c19-9-10-20-15-17-13-6-1-2-7-14(13)18(15)11-12-5-3-4-8-16-12/h1-8,19H,9-11H2. The van der Waals surface area contributed by atoms with Crippen LogP contribution in [-0.4, -0.2) is 32.0 Å². The number of hydrogen-bond acceptors (Lipinski definition) is 4. The number of pyridine rings is 1. The van der Waals surface area contributed by atoms with Gasteiger partial charge >= 0.3 is 0 Å². The molecule has 3 aromatic rings. The molecular weight excluding hydrogens is 270 g/mol. The molecule has 0 fully saturated rings. The number of hydrogen-bond donors (Lipinski definition) is 1. The Labute approximate surface area is 121 Å². The molecule has 0 saturated carbocycles. The fourth-order valence-corrected chi connectivity index (χ4v) is 2.86. The first-order valence-electron chi connectivity index (χ1n) is 6.47. The average Bonchev–Trinajstić information content (AvgIpc) is 2.84. The van der Waals surface area contributed by atoms with Crippen LogP contribution in [0.25, 0.3) is 11.0 Å². The van der Waals surface area contributed by atoms with E-state index in [1.165, 1.54) is 0 Å². The van der Waals surface area contributed by atoms with Crippen molar-refractivity contribution in [2.24, 2.45) is 0 Å². The summed E-state index contributed by atoms with van der Waals surface area (Å²) < 4.78 is 2.15. The molecule has 0 aliphatic rings. The number of para-hydroxylation sites is 2. The van der Waals surface area contributed by atoms with Crippen molar-refractivity contribution in [2.75, 3.05) is 12.4 Å². The molecule has 0 spiro atoms. The number of thioether (sulfide) groups is 1. The molecule has 1 N–H and O–H groups in total. The Hall–Kier alpha value is -1.85. The van der Waals surface area contributed by atoms with E-state index < -0.39 is 0 Å². The van der Waals surface area contributed by atoms with Gasteiger partial charge in [0.2, 0.25) is 0 Å². The molecular formula is C15H15N3OS. The first-order valence-corrected chi connectivity index (χ1v) is 7.46. The highest BCUT2D eigenvalue weighted by Gasteiger charge is 2.11. The summed E-state index contributed by atoms with van der Waals surface area (Å²) in [5, 5.41) is 9.93. The Bertz CT molecular complexity index is 697. The minimum atomic E-state index is 0.150. The van der Waals surface area contributed by atoms with Crippen molar-refractivity contribution < 1.29 is 5.11 Å². The predicted molar refractivity (Wildman–Crippen MR) is 80.9 cm³/mol. The lowest BCUT2D eigenvalue weighted by atomic mass is 10.3. The van der Waals surface area contributed by atoms with Gasteiger partial charge in [-0.05, 0) is 24.3 Å². The number of rotatable bonds is 5. The zero-order valence-corrected chi connectivity index (χ0v) is 11.8. The maximum atomic E-state index is 9.01. The monoisotopic (exact) mass is 285 g/mol. The molecule has 3 rings (SSSR count). The van der Waals surface area contributed by atoms with Gasteiger partial charge in [0.1, 0.15) is 0 Å². The third-order valence-corrected chi connectivity index (χ3v) is 3.94. The number of imidazole rings is 1. The molecule has 5 heteroatoms. The molecule has 2 aromatic heterocycles. The summed E-state index contributed by atoms with van der Waals surface area (Å²) in [6, 6.07) is 14.0. The Morgan fingerprint density at radius 1 is 1.10 bits per heavy atom. The van der Waals surface area contributed by atoms with Crippen molar-refractivity contribution in [3.05, 3.63) is 54.4 Å². The van der Waals surface area contributed by atoms with Gasteiger partial charge in [0, 0.05) is 11.9 Å². The van der Waals surface area contributed by atoms with Crippen molar-refractivity contribution in [3.8, 4) is 0 Å². The number of fused-ring (bicyclic) bond motifs is 1. The lowest BCUT2D eigenvalue weighted by molar-refractivity contribution is 0.322. The highest BCUT2D eigenvalue weighted by atomic mass is 32.2. The van der Waals surface area contributed by atoms with Crippen LogP contribution in [0.5, 0.6) is 0 Å². The third kappa shape index (κ3) is 2.69. The molecule has 1 aromatic carbocycles. The van der Waals surface area contributed by atoms with Crippen LogP contribution in [0, 0.1) is 0 Å². The van der Waals surface area contributed by atoms with Gasteiger partial charge in [-0.2, -0.15) is 0 Å². The highest BCUT2D eigenvalue weighted by molar-refractivity contribution is 7.99. The van der Waals surface area contributed by atoms with Crippen LogP contribution in [0.2, 0.25) is 0 Å². The molecule has 102 valence electrons. The topological polar surface area (TPSA) is 50.9 Å². The summed E-state index contributed by atoms with van der Waals surface area (Å²) in [6.45, 7) is 0.840. The molecule has 2 heterocycles. The average molecular weight is 285 g/mol. The van der Waals surface area contributed by atoms with Crippen LogP contribution >= 0.6 is 11.8 Å². The van der Waals surface area contributed by atoms with Crippen LogP contribution in [0.15, 0.2) is 53.8 Å². The third-order valence-electron chi connectivity index (χ3n) is 2.99. The van der Waals surface area contributed by atoms with E-state index in [0.29, 0.717) is 12.3 Å². The minimum Gasteiger partial charge on any atom is -0.396 e. The van der Waals surface area contributed by atoms with Crippen LogP contribution in [0.4, 0.5) is 0 Å². The van der Waals surface area contributed by atoms with E-state index in [1.54, 1.807) is 18.0 Å². The molecule has 0 radical (unpaired) electrons. The van der Waals surface area contributed by atoms with Crippen LogP contribution in [0.1, 0.15) is 5.69 Å². The van der Waals surface area contributed by atoms with E-state index in [1.807, 2.05) is 36.4 Å². The summed E-state index contributed by atoms with van der Waals surface area (Å²) in [6.07, 6.45) is 1.80. The second-order valence-electron chi connectivity index (χ2n) is 4.36. The first-order chi connectivity index (χ1) is 9.88. The zero-order chi connectivity index (χ0) is 13.8. The van der Waals surface area contributed by atoms with Gasteiger partial charge in [0.05, 0.1) is 29.9 Å². The van der Waals surface area contributed by atoms with Gasteiger partial charge < -0.3 is 9.67 Å². The normalized spacial score (nSPS) is 11.1. The number of nitrogens with zero attached hydrogens (tertiary/aromatic N) is 3. The molecule has 0 saturated heterocycles. The highest BCUT2D eigenvalue weighted by Crippen LogP contribution is 2.24. The lowest BCUT2D eigenvalue weighted by Gasteiger charge is -2.07. The zero-order valence-electron chi connectivity index (χ0n) is 10.9. The lowest BCUT2D eigenvalue weighted by Crippen LogP contribution is -2.03. The molecule has 20 heavy (non-hydrogen) atoms. The molecule has 0 bridgehead atoms. The molecule has 0 aliphatic carbocycles. The second-order valence-corrected chi connectivity index (χ2v) is 5.42. The van der Waals surface area contributed by atoms with E-state index in [-0.39, 0.29) is 6.61 Å². The van der Waals surface area contributed by atoms with E-state index in [0.717, 1.165) is 21.9 Å². The maximum Gasteiger partial charge on any atom is 0.169 e. The largest absolute Gasteiger partial charge is 0.396 e. The summed E-state index contributed by atoms with van der Waals surface area (Å²) in [4.78, 5) is 9.01. The van der Waals surface area contributed by atoms with Gasteiger partial charge in [0.15, 0.2) is 5.16 Å². The number of aromatic nitrogens is 3. The molecule has 0 amide bonds. The van der Waals surface area contributed by atoms with Gasteiger partial charge in [-0.15, -0.1) is 0 Å². The molecule has 0 aliphatic heterocycles. The van der Waals surface area contributed by atoms with Crippen molar-refractivity contribution in [1.82, 2.24) is 14.5 Å². The van der Waals surface area contributed by atoms with Gasteiger partial charge in [-0.3, -0.25) is 4.98 Å². The quantitative estimate of drug-likeness (QED) is 0.732. The molecule has 4 nitrogen and oxygen atoms in total. The SMILES string of the molecule is OCCSc1nc2ccccc2n1Cc1ccccn1. The fraction of sp³-hybridized carbons (Fsp3) is 0.200. The predicted octanol–water partition coefficient (Wildman–Crippen LogP) is 2.56. The van der Waals surface area contributed by atoms with Gasteiger partial charge in [-0.1, -0.05) is 30.0 Å². The number of benzene rings is 1. The first kappa shape index (κ1) is 13.1. The van der Waals surface area contributed by atoms with Crippen molar-refractivity contribution in [3.63, 3.8) is 0 Å². The van der Waals surface area contributed by atoms with Crippen LogP contribution < -0.4 is 0 Å². The Morgan fingerprint density at radius 3 is 2.75 bits per heavy atom. The van der Waals surface area contributed by atoms with Crippen molar-refractivity contribution in [1.29, 1.82) is 0 Å². The van der Waals surface area contributed by atoms with E-state index >= 15 is 0 Å². The van der Waals surface area contributed by atoms with Crippen LogP contribution in [0.3, 0.4) is 0 Å². The van der Waals surface area contributed by atoms with Crippen molar-refractivity contribution in [2.45, 2.75) is 11.7 Å². The van der Waals surface area contributed by atoms with E-state index in [2.05, 4.69) is 20.6 Å². The van der Waals surface area contributed by atoms with Gasteiger partial charge in [0.25, 0.3) is 0 Å². The van der Waals surface area contributed by atoms with E-state index in [4.69, 9.17) is 5.11 Å². The Kier molecular flexibility index (Phi) is 3.99. The minimum absolute atomic E-state index is 0.150. The fourth-order valence-electron chi connectivity index (χ4n) is 2.11. The summed E-state index contributed by atoms with van der Waals surface area (Å²) in [5.74, 6) is 0.644. The van der Waals surface area contributed by atoms with Gasteiger partial charge in [-0.25, -0.2) is 4.98 Å². The summed E-state index contributed by atoms with van der Waals surface area (Å²) >= 11 is 1.57. The Morgan fingerprint density at radius 2 is 1.95 bits per heavy atom. The van der Waals surface area contributed by atoms with Crippen LogP contribution in [-0.2, 0) is 6.54 Å². The number of aliphatic hydroxyl groups is 1. The number of aliphatic hydroxyl groups excluding tert-OH is 1. The molecule has 0 atom stereocenters. The van der Waals surface area contributed by atoms with E-state index in [9.17, 15) is 0 Å². The maximum absolute atomic E-state index is 9.01. The smallest absolute Gasteiger partial charge is 0.169 e. The summed E-state index contributed by atoms with van der Waals surface area (Å²) in [7, 11) is 0.